The van der Waals surface area contributed by atoms with Crippen LogP contribution in [0.5, 0.6) is 0 Å². The summed E-state index contributed by atoms with van der Waals surface area (Å²) in [6.45, 7) is 1.48. The van der Waals surface area contributed by atoms with E-state index in [9.17, 15) is 23.1 Å². The third kappa shape index (κ3) is 4.14. The van der Waals surface area contributed by atoms with Crippen LogP contribution in [0.3, 0.4) is 0 Å². The molecule has 30 heavy (non-hydrogen) atoms. The van der Waals surface area contributed by atoms with E-state index in [1.54, 1.807) is 12.1 Å². The van der Waals surface area contributed by atoms with Gasteiger partial charge in [0, 0.05) is 41.7 Å². The molecule has 1 saturated heterocycles. The Morgan fingerprint density at radius 2 is 1.83 bits per heavy atom. The molecule has 3 aromatic rings. The Morgan fingerprint density at radius 3 is 2.57 bits per heavy atom. The minimum atomic E-state index is -3.97. The number of thioether (sulfide) groups is 1. The van der Waals surface area contributed by atoms with Gasteiger partial charge in [-0.3, -0.25) is 4.72 Å². The lowest BCUT2D eigenvalue weighted by Gasteiger charge is -2.29. The lowest BCUT2D eigenvalue weighted by molar-refractivity contribution is 0.0697. The summed E-state index contributed by atoms with van der Waals surface area (Å²) in [6, 6.07) is 11.3. The van der Waals surface area contributed by atoms with Gasteiger partial charge in [0.05, 0.1) is 16.1 Å². The Morgan fingerprint density at radius 1 is 1.07 bits per heavy atom. The lowest BCUT2D eigenvalue weighted by atomic mass is 10.1. The van der Waals surface area contributed by atoms with Gasteiger partial charge in [-0.1, -0.05) is 0 Å². The Kier molecular flexibility index (Phi) is 5.44. The van der Waals surface area contributed by atoms with Crippen LogP contribution in [-0.2, 0) is 10.0 Å². The molecule has 0 spiro atoms. The van der Waals surface area contributed by atoms with Crippen LogP contribution in [0.2, 0.25) is 0 Å². The largest absolute Gasteiger partial charge is 0.478 e. The average Bonchev–Trinajstić information content (AvgIpc) is 2.73. The minimum Gasteiger partial charge on any atom is -0.478 e. The molecule has 0 aliphatic carbocycles. The summed E-state index contributed by atoms with van der Waals surface area (Å²) in [4.78, 5) is 25.0. The molecule has 1 aromatic heterocycles. The van der Waals surface area contributed by atoms with Crippen molar-refractivity contribution >= 4 is 50.1 Å². The highest BCUT2D eigenvalue weighted by Gasteiger charge is 2.21. The molecule has 1 aliphatic heterocycles. The standard InChI is InChI=1S/C20H18N2O6S2/c23-19-6-1-13-11-15(3-5-18(13)28-19)30(26,27)21-14-2-4-17(16(12-14)20(24)25)22-7-9-29-10-8-22/h1-6,11-12,21H,7-10H2,(H,24,25). The molecular formula is C20H18N2O6S2. The number of carboxylic acid groups (broad SMARTS) is 1. The van der Waals surface area contributed by atoms with E-state index in [-0.39, 0.29) is 21.7 Å². The van der Waals surface area contributed by atoms with E-state index >= 15 is 0 Å². The Bertz CT molecular complexity index is 1280. The van der Waals surface area contributed by atoms with Crippen LogP contribution in [0.15, 0.2) is 62.6 Å². The van der Waals surface area contributed by atoms with Crippen molar-refractivity contribution in [3.63, 3.8) is 0 Å². The maximum atomic E-state index is 12.8. The number of fused-ring (bicyclic) bond motifs is 1. The van der Waals surface area contributed by atoms with Gasteiger partial charge >= 0.3 is 11.6 Å². The molecule has 0 amide bonds. The number of benzene rings is 2. The number of hydrogen-bond acceptors (Lipinski definition) is 7. The fourth-order valence-electron chi connectivity index (χ4n) is 3.28. The predicted octanol–water partition coefficient (Wildman–Crippen LogP) is 2.85. The smallest absolute Gasteiger partial charge is 0.337 e. The second kappa shape index (κ2) is 8.04. The molecule has 156 valence electrons. The van der Waals surface area contributed by atoms with Crippen LogP contribution < -0.4 is 15.2 Å². The number of carboxylic acids is 1. The van der Waals surface area contributed by atoms with Gasteiger partial charge in [-0.25, -0.2) is 18.0 Å². The number of nitrogens with one attached hydrogen (secondary N) is 1. The first-order chi connectivity index (χ1) is 14.3. The number of aromatic carboxylic acids is 1. The van der Waals surface area contributed by atoms with E-state index in [1.165, 1.54) is 36.4 Å². The van der Waals surface area contributed by atoms with Gasteiger partial charge in [0.15, 0.2) is 0 Å². The third-order valence-corrected chi connectivity index (χ3v) is 7.05. The first-order valence-corrected chi connectivity index (χ1v) is 11.7. The minimum absolute atomic E-state index is 0.0298. The van der Waals surface area contributed by atoms with E-state index < -0.39 is 21.6 Å². The van der Waals surface area contributed by atoms with Gasteiger partial charge in [-0.15, -0.1) is 0 Å². The second-order valence-corrected chi connectivity index (χ2v) is 9.60. The fraction of sp³-hybridized carbons (Fsp3) is 0.200. The molecule has 4 rings (SSSR count). The van der Waals surface area contributed by atoms with Crippen LogP contribution in [-0.4, -0.2) is 44.1 Å². The van der Waals surface area contributed by atoms with Gasteiger partial charge in [0.25, 0.3) is 10.0 Å². The highest BCUT2D eigenvalue weighted by Crippen LogP contribution is 2.28. The maximum absolute atomic E-state index is 12.8. The summed E-state index contributed by atoms with van der Waals surface area (Å²) in [6.07, 6.45) is 0. The van der Waals surface area contributed by atoms with E-state index in [1.807, 2.05) is 16.7 Å². The first-order valence-electron chi connectivity index (χ1n) is 9.10. The molecule has 8 nitrogen and oxygen atoms in total. The first kappa shape index (κ1) is 20.3. The normalized spacial score (nSPS) is 14.6. The third-order valence-electron chi connectivity index (χ3n) is 4.73. The molecule has 0 bridgehead atoms. The molecule has 0 atom stereocenters. The van der Waals surface area contributed by atoms with Crippen LogP contribution in [0, 0.1) is 0 Å². The quantitative estimate of drug-likeness (QED) is 0.575. The molecule has 0 unspecified atom stereocenters. The Balaban J connectivity index is 1.65. The van der Waals surface area contributed by atoms with Crippen molar-refractivity contribution in [1.82, 2.24) is 0 Å². The topological polar surface area (TPSA) is 117 Å². The number of rotatable bonds is 5. The average molecular weight is 447 g/mol. The lowest BCUT2D eigenvalue weighted by Crippen LogP contribution is -2.33. The SMILES string of the molecule is O=C(O)c1cc(NS(=O)(=O)c2ccc3oc(=O)ccc3c2)ccc1N1CCSCC1. The highest BCUT2D eigenvalue weighted by atomic mass is 32.2. The van der Waals surface area contributed by atoms with Crippen molar-refractivity contribution in [2.24, 2.45) is 0 Å². The van der Waals surface area contributed by atoms with Gasteiger partial charge in [0.1, 0.15) is 5.58 Å². The summed E-state index contributed by atoms with van der Waals surface area (Å²) in [5, 5.41) is 10.1. The molecular weight excluding hydrogens is 428 g/mol. The van der Waals surface area contributed by atoms with Crippen molar-refractivity contribution in [3.8, 4) is 0 Å². The summed E-state index contributed by atoms with van der Waals surface area (Å²) in [7, 11) is -3.97. The number of sulfonamides is 1. The van der Waals surface area contributed by atoms with Gasteiger partial charge in [0.2, 0.25) is 0 Å². The molecule has 0 saturated carbocycles. The fourth-order valence-corrected chi connectivity index (χ4v) is 5.27. The molecule has 2 N–H and O–H groups in total. The zero-order valence-electron chi connectivity index (χ0n) is 15.7. The van der Waals surface area contributed by atoms with Gasteiger partial charge < -0.3 is 14.4 Å². The molecule has 1 fully saturated rings. The second-order valence-electron chi connectivity index (χ2n) is 6.70. The Hall–Kier alpha value is -2.98. The van der Waals surface area contributed by atoms with E-state index in [4.69, 9.17) is 4.42 Å². The summed E-state index contributed by atoms with van der Waals surface area (Å²) in [5.74, 6) is 0.704. The molecule has 0 radical (unpaired) electrons. The van der Waals surface area contributed by atoms with Crippen LogP contribution >= 0.6 is 11.8 Å². The van der Waals surface area contributed by atoms with Crippen LogP contribution in [0.25, 0.3) is 11.0 Å². The van der Waals surface area contributed by atoms with Gasteiger partial charge in [-0.2, -0.15) is 11.8 Å². The van der Waals surface area contributed by atoms with Crippen molar-refractivity contribution in [3.05, 3.63) is 64.5 Å². The molecule has 2 aromatic carbocycles. The number of nitrogens with zero attached hydrogens (tertiary/aromatic N) is 1. The van der Waals surface area contributed by atoms with E-state index in [2.05, 4.69) is 4.72 Å². The Labute approximate surface area is 176 Å². The number of carbonyl (C=O) groups is 1. The van der Waals surface area contributed by atoms with Crippen molar-refractivity contribution in [2.45, 2.75) is 4.90 Å². The van der Waals surface area contributed by atoms with Crippen LogP contribution in [0.4, 0.5) is 11.4 Å². The predicted molar refractivity (Wildman–Crippen MR) is 116 cm³/mol. The van der Waals surface area contributed by atoms with E-state index in [0.717, 1.165) is 24.6 Å². The molecule has 2 heterocycles. The number of hydrogen-bond donors (Lipinski definition) is 2. The van der Waals surface area contributed by atoms with Crippen molar-refractivity contribution in [1.29, 1.82) is 0 Å². The van der Waals surface area contributed by atoms with E-state index in [0.29, 0.717) is 11.1 Å². The summed E-state index contributed by atoms with van der Waals surface area (Å²) in [5.41, 5.74) is 0.527. The van der Waals surface area contributed by atoms with Gasteiger partial charge in [-0.05, 0) is 42.5 Å². The zero-order valence-corrected chi connectivity index (χ0v) is 17.3. The summed E-state index contributed by atoms with van der Waals surface area (Å²) >= 11 is 1.81. The van der Waals surface area contributed by atoms with Crippen molar-refractivity contribution < 1.29 is 22.7 Å². The zero-order chi connectivity index (χ0) is 21.3. The molecule has 1 aliphatic rings. The van der Waals surface area contributed by atoms with Crippen molar-refractivity contribution in [2.75, 3.05) is 34.2 Å². The number of anilines is 2. The summed E-state index contributed by atoms with van der Waals surface area (Å²) < 4.78 is 33.1. The highest BCUT2D eigenvalue weighted by molar-refractivity contribution is 7.99. The molecule has 10 heteroatoms. The van der Waals surface area contributed by atoms with Crippen LogP contribution in [0.1, 0.15) is 10.4 Å². The monoisotopic (exact) mass is 446 g/mol. The maximum Gasteiger partial charge on any atom is 0.337 e.